The molecule has 0 aliphatic rings. The lowest BCUT2D eigenvalue weighted by atomic mass is 10.2. The van der Waals surface area contributed by atoms with E-state index in [2.05, 4.69) is 16.0 Å². The molecule has 1 aromatic heterocycles. The second-order valence-electron chi connectivity index (χ2n) is 6.36. The Morgan fingerprint density at radius 3 is 2.55 bits per heavy atom. The number of nitrogens with zero attached hydrogens (tertiary/aromatic N) is 3. The van der Waals surface area contributed by atoms with Gasteiger partial charge in [0, 0.05) is 17.9 Å². The Balaban J connectivity index is 1.49. The van der Waals surface area contributed by atoms with Crippen molar-refractivity contribution >= 4 is 34.4 Å². The second kappa shape index (κ2) is 8.63. The first-order chi connectivity index (χ1) is 14.3. The Hall–Kier alpha value is -3.56. The molecular formula is C23H18N4OS. The van der Waals surface area contributed by atoms with Gasteiger partial charge in [-0.25, -0.2) is 4.98 Å². The molecule has 0 aliphatic heterocycles. The van der Waals surface area contributed by atoms with Gasteiger partial charge >= 0.3 is 0 Å². The predicted octanol–water partition coefficient (Wildman–Crippen LogP) is 5.02. The Labute approximate surface area is 173 Å². The van der Waals surface area contributed by atoms with Crippen molar-refractivity contribution in [1.29, 1.82) is 5.26 Å². The summed E-state index contributed by atoms with van der Waals surface area (Å²) in [4.78, 5) is 17.1. The number of nitriles is 1. The monoisotopic (exact) mass is 398 g/mol. The summed E-state index contributed by atoms with van der Waals surface area (Å²) in [6.45, 7) is 0. The third-order valence-corrected chi connectivity index (χ3v) is 5.37. The Morgan fingerprint density at radius 2 is 1.72 bits per heavy atom. The van der Waals surface area contributed by atoms with Gasteiger partial charge in [-0.1, -0.05) is 54.2 Å². The fraction of sp³-hybridized carbons (Fsp3) is 0.0870. The van der Waals surface area contributed by atoms with Crippen LogP contribution in [0.3, 0.4) is 0 Å². The summed E-state index contributed by atoms with van der Waals surface area (Å²) in [6, 6.07) is 27.2. The van der Waals surface area contributed by atoms with Crippen LogP contribution in [-0.2, 0) is 4.79 Å². The number of amides is 1. The van der Waals surface area contributed by atoms with E-state index in [4.69, 9.17) is 10.2 Å². The highest BCUT2D eigenvalue weighted by molar-refractivity contribution is 7.99. The van der Waals surface area contributed by atoms with E-state index in [1.54, 1.807) is 36.0 Å². The van der Waals surface area contributed by atoms with Crippen LogP contribution in [0.15, 0.2) is 84.0 Å². The lowest BCUT2D eigenvalue weighted by Crippen LogP contribution is -2.13. The van der Waals surface area contributed by atoms with Gasteiger partial charge in [0.05, 0.1) is 22.3 Å². The number of anilines is 1. The number of hydrogen-bond acceptors (Lipinski definition) is 4. The molecule has 1 N–H and O–H groups in total. The first-order valence-electron chi connectivity index (χ1n) is 9.21. The van der Waals surface area contributed by atoms with E-state index in [-0.39, 0.29) is 5.91 Å². The number of carbonyl (C=O) groups is 1. The van der Waals surface area contributed by atoms with E-state index in [0.29, 0.717) is 23.4 Å². The summed E-state index contributed by atoms with van der Waals surface area (Å²) in [5.41, 5.74) is 4.00. The van der Waals surface area contributed by atoms with E-state index < -0.39 is 0 Å². The van der Waals surface area contributed by atoms with Gasteiger partial charge in [0.2, 0.25) is 5.91 Å². The summed E-state index contributed by atoms with van der Waals surface area (Å²) in [5, 5.41) is 12.8. The van der Waals surface area contributed by atoms with Gasteiger partial charge in [-0.3, -0.25) is 9.36 Å². The number of imidazole rings is 1. The average molecular weight is 398 g/mol. The zero-order valence-electron chi connectivity index (χ0n) is 15.6. The van der Waals surface area contributed by atoms with Crippen LogP contribution in [0.4, 0.5) is 5.69 Å². The topological polar surface area (TPSA) is 70.7 Å². The van der Waals surface area contributed by atoms with E-state index in [0.717, 1.165) is 21.9 Å². The minimum absolute atomic E-state index is 0.123. The lowest BCUT2D eigenvalue weighted by Gasteiger charge is -2.09. The standard InChI is InChI=1S/C23H18N4OS/c24-16-17-8-4-5-11-19(17)25-22(28)14-15-29-23-26-20-12-6-7-13-21(20)27(23)18-9-2-1-3-10-18/h1-13H,14-15H2,(H,25,28). The van der Waals surface area contributed by atoms with Crippen molar-refractivity contribution in [3.8, 4) is 11.8 Å². The molecule has 0 fully saturated rings. The maximum absolute atomic E-state index is 12.3. The first-order valence-corrected chi connectivity index (χ1v) is 10.2. The molecule has 5 nitrogen and oxygen atoms in total. The molecule has 142 valence electrons. The molecule has 4 rings (SSSR count). The van der Waals surface area contributed by atoms with Gasteiger partial charge < -0.3 is 5.32 Å². The minimum Gasteiger partial charge on any atom is -0.325 e. The maximum Gasteiger partial charge on any atom is 0.225 e. The van der Waals surface area contributed by atoms with Crippen molar-refractivity contribution in [2.24, 2.45) is 0 Å². The molecule has 1 heterocycles. The summed E-state index contributed by atoms with van der Waals surface area (Å²) in [5.74, 6) is 0.457. The van der Waals surface area contributed by atoms with Gasteiger partial charge in [0.1, 0.15) is 6.07 Å². The smallest absolute Gasteiger partial charge is 0.225 e. The molecule has 0 saturated heterocycles. The summed E-state index contributed by atoms with van der Waals surface area (Å²) < 4.78 is 2.11. The van der Waals surface area contributed by atoms with Gasteiger partial charge in [-0.15, -0.1) is 0 Å². The van der Waals surface area contributed by atoms with Crippen molar-refractivity contribution in [3.63, 3.8) is 0 Å². The number of thioether (sulfide) groups is 1. The lowest BCUT2D eigenvalue weighted by molar-refractivity contribution is -0.115. The SMILES string of the molecule is N#Cc1ccccc1NC(=O)CCSc1nc2ccccc2n1-c1ccccc1. The molecular weight excluding hydrogens is 380 g/mol. The Morgan fingerprint density at radius 1 is 1.00 bits per heavy atom. The molecule has 0 saturated carbocycles. The summed E-state index contributed by atoms with van der Waals surface area (Å²) >= 11 is 1.54. The fourth-order valence-electron chi connectivity index (χ4n) is 3.06. The molecule has 1 amide bonds. The number of fused-ring (bicyclic) bond motifs is 1. The largest absolute Gasteiger partial charge is 0.325 e. The molecule has 6 heteroatoms. The van der Waals surface area contributed by atoms with Crippen LogP contribution < -0.4 is 5.32 Å². The highest BCUT2D eigenvalue weighted by atomic mass is 32.2. The van der Waals surface area contributed by atoms with Crippen molar-refractivity contribution in [2.45, 2.75) is 11.6 Å². The first kappa shape index (κ1) is 18.8. The van der Waals surface area contributed by atoms with E-state index in [1.807, 2.05) is 54.6 Å². The normalized spacial score (nSPS) is 10.6. The van der Waals surface area contributed by atoms with Crippen molar-refractivity contribution in [2.75, 3.05) is 11.1 Å². The molecule has 0 bridgehead atoms. The summed E-state index contributed by atoms with van der Waals surface area (Å²) in [6.07, 6.45) is 0.322. The highest BCUT2D eigenvalue weighted by Crippen LogP contribution is 2.28. The molecule has 4 aromatic rings. The molecule has 0 radical (unpaired) electrons. The van der Waals surface area contributed by atoms with Gasteiger partial charge in [-0.2, -0.15) is 5.26 Å². The van der Waals surface area contributed by atoms with Gasteiger partial charge in [0.25, 0.3) is 0 Å². The number of carbonyl (C=O) groups excluding carboxylic acids is 1. The third kappa shape index (κ3) is 4.15. The fourth-order valence-corrected chi connectivity index (χ4v) is 4.03. The Bertz CT molecular complexity index is 1190. The van der Waals surface area contributed by atoms with Crippen LogP contribution >= 0.6 is 11.8 Å². The second-order valence-corrected chi connectivity index (χ2v) is 7.42. The quantitative estimate of drug-likeness (QED) is 0.463. The van der Waals surface area contributed by atoms with E-state index in [1.165, 1.54) is 0 Å². The number of nitrogens with one attached hydrogen (secondary N) is 1. The molecule has 0 atom stereocenters. The molecule has 3 aromatic carbocycles. The zero-order chi connectivity index (χ0) is 20.1. The van der Waals surface area contributed by atoms with E-state index in [9.17, 15) is 4.79 Å². The molecule has 0 aliphatic carbocycles. The van der Waals surface area contributed by atoms with Crippen LogP contribution in [0.1, 0.15) is 12.0 Å². The van der Waals surface area contributed by atoms with Crippen LogP contribution in [0.5, 0.6) is 0 Å². The Kier molecular flexibility index (Phi) is 5.59. The number of para-hydroxylation sites is 4. The molecule has 0 unspecified atom stereocenters. The molecule has 0 spiro atoms. The predicted molar refractivity (Wildman–Crippen MR) is 116 cm³/mol. The minimum atomic E-state index is -0.123. The van der Waals surface area contributed by atoms with Crippen LogP contribution in [-0.4, -0.2) is 21.2 Å². The number of rotatable bonds is 6. The number of aromatic nitrogens is 2. The van der Waals surface area contributed by atoms with Crippen molar-refractivity contribution in [1.82, 2.24) is 9.55 Å². The summed E-state index contributed by atoms with van der Waals surface area (Å²) in [7, 11) is 0. The molecule has 29 heavy (non-hydrogen) atoms. The number of hydrogen-bond donors (Lipinski definition) is 1. The van der Waals surface area contributed by atoms with Crippen molar-refractivity contribution < 1.29 is 4.79 Å². The van der Waals surface area contributed by atoms with E-state index >= 15 is 0 Å². The maximum atomic E-state index is 12.3. The third-order valence-electron chi connectivity index (χ3n) is 4.43. The van der Waals surface area contributed by atoms with Gasteiger partial charge in [0.15, 0.2) is 5.16 Å². The van der Waals surface area contributed by atoms with Crippen LogP contribution in [0.25, 0.3) is 16.7 Å². The average Bonchev–Trinajstić information content (AvgIpc) is 3.13. The van der Waals surface area contributed by atoms with Crippen molar-refractivity contribution in [3.05, 3.63) is 84.4 Å². The highest BCUT2D eigenvalue weighted by Gasteiger charge is 2.13. The van der Waals surface area contributed by atoms with Crippen LogP contribution in [0, 0.1) is 11.3 Å². The van der Waals surface area contributed by atoms with Crippen LogP contribution in [0.2, 0.25) is 0 Å². The number of benzene rings is 3. The van der Waals surface area contributed by atoms with Gasteiger partial charge in [-0.05, 0) is 36.4 Å². The zero-order valence-corrected chi connectivity index (χ0v) is 16.4.